The summed E-state index contributed by atoms with van der Waals surface area (Å²) in [5, 5.41) is 14.8. The largest absolute Gasteiger partial charge is 0.467 e. The third kappa shape index (κ3) is 3.53. The number of nitrogens with zero attached hydrogens (tertiary/aromatic N) is 3. The Labute approximate surface area is 132 Å². The van der Waals surface area contributed by atoms with Gasteiger partial charge in [0.15, 0.2) is 5.82 Å². The lowest BCUT2D eigenvalue weighted by Crippen LogP contribution is -2.05. The van der Waals surface area contributed by atoms with Crippen LogP contribution in [0.3, 0.4) is 0 Å². The van der Waals surface area contributed by atoms with Gasteiger partial charge < -0.3 is 15.1 Å². The quantitative estimate of drug-likeness (QED) is 0.746. The average molecular weight is 316 g/mol. The molecule has 0 amide bonds. The Hall–Kier alpha value is -2.60. The average Bonchev–Trinajstić information content (AvgIpc) is 3.03. The summed E-state index contributed by atoms with van der Waals surface area (Å²) in [5.41, 5.74) is 1.82. The van der Waals surface area contributed by atoms with E-state index < -0.39 is 0 Å². The highest BCUT2D eigenvalue weighted by Gasteiger charge is 2.04. The zero-order chi connectivity index (χ0) is 15.4. The van der Waals surface area contributed by atoms with Crippen LogP contribution >= 0.6 is 11.6 Å². The van der Waals surface area contributed by atoms with Gasteiger partial charge in [0.1, 0.15) is 5.76 Å². The molecule has 0 radical (unpaired) electrons. The zero-order valence-corrected chi connectivity index (χ0v) is 12.6. The molecule has 3 aromatic rings. The van der Waals surface area contributed by atoms with Crippen molar-refractivity contribution in [3.05, 3.63) is 59.1 Å². The zero-order valence-electron chi connectivity index (χ0n) is 11.9. The van der Waals surface area contributed by atoms with Gasteiger partial charge in [0.25, 0.3) is 0 Å². The molecule has 0 saturated carbocycles. The lowest BCUT2D eigenvalue weighted by atomic mass is 10.2. The number of hydrogen-bond donors (Lipinski definition) is 2. The summed E-state index contributed by atoms with van der Waals surface area (Å²) in [7, 11) is 0. The van der Waals surface area contributed by atoms with Crippen LogP contribution in [0.5, 0.6) is 0 Å². The van der Waals surface area contributed by atoms with Crippen LogP contribution in [0, 0.1) is 6.92 Å². The highest BCUT2D eigenvalue weighted by atomic mass is 35.5. The maximum absolute atomic E-state index is 6.10. The molecule has 112 valence electrons. The van der Waals surface area contributed by atoms with Crippen molar-refractivity contribution >= 4 is 29.1 Å². The molecule has 0 aliphatic heterocycles. The molecule has 0 aliphatic carbocycles. The molecule has 6 nitrogen and oxygen atoms in total. The monoisotopic (exact) mass is 315 g/mol. The van der Waals surface area contributed by atoms with Gasteiger partial charge in [-0.05, 0) is 36.8 Å². The SMILES string of the molecule is Cc1ccc(Nc2nncc(NCc3ccco3)n2)cc1Cl. The van der Waals surface area contributed by atoms with E-state index in [0.29, 0.717) is 23.3 Å². The molecular formula is C15H14ClN5O. The number of benzene rings is 1. The topological polar surface area (TPSA) is 75.9 Å². The number of nitrogens with one attached hydrogen (secondary N) is 2. The third-order valence-corrected chi connectivity index (χ3v) is 3.42. The number of hydrogen-bond acceptors (Lipinski definition) is 6. The highest BCUT2D eigenvalue weighted by molar-refractivity contribution is 6.31. The van der Waals surface area contributed by atoms with Crippen molar-refractivity contribution in [1.82, 2.24) is 15.2 Å². The molecule has 0 unspecified atom stereocenters. The van der Waals surface area contributed by atoms with Crippen molar-refractivity contribution in [3.63, 3.8) is 0 Å². The van der Waals surface area contributed by atoms with E-state index in [2.05, 4.69) is 25.8 Å². The Morgan fingerprint density at radius 3 is 2.95 bits per heavy atom. The van der Waals surface area contributed by atoms with Gasteiger partial charge in [-0.1, -0.05) is 17.7 Å². The van der Waals surface area contributed by atoms with Crippen molar-refractivity contribution in [3.8, 4) is 0 Å². The number of aromatic nitrogens is 3. The summed E-state index contributed by atoms with van der Waals surface area (Å²) >= 11 is 6.10. The van der Waals surface area contributed by atoms with Gasteiger partial charge in [-0.2, -0.15) is 10.1 Å². The minimum Gasteiger partial charge on any atom is -0.467 e. The van der Waals surface area contributed by atoms with Crippen LogP contribution in [-0.2, 0) is 6.54 Å². The first-order valence-electron chi connectivity index (χ1n) is 6.70. The second-order valence-corrected chi connectivity index (χ2v) is 5.09. The number of furan rings is 1. The molecule has 0 bridgehead atoms. The van der Waals surface area contributed by atoms with Gasteiger partial charge in [-0.25, -0.2) is 0 Å². The minimum atomic E-state index is 0.393. The first kappa shape index (κ1) is 14.3. The van der Waals surface area contributed by atoms with E-state index in [9.17, 15) is 0 Å². The van der Waals surface area contributed by atoms with Crippen LogP contribution in [-0.4, -0.2) is 15.2 Å². The van der Waals surface area contributed by atoms with Gasteiger partial charge in [-0.3, -0.25) is 0 Å². The lowest BCUT2D eigenvalue weighted by molar-refractivity contribution is 0.517. The fourth-order valence-corrected chi connectivity index (χ4v) is 2.01. The van der Waals surface area contributed by atoms with E-state index in [4.69, 9.17) is 16.0 Å². The number of anilines is 3. The van der Waals surface area contributed by atoms with Crippen LogP contribution in [0.1, 0.15) is 11.3 Å². The van der Waals surface area contributed by atoms with Crippen LogP contribution < -0.4 is 10.6 Å². The smallest absolute Gasteiger partial charge is 0.249 e. The molecule has 2 heterocycles. The summed E-state index contributed by atoms with van der Waals surface area (Å²) in [6.45, 7) is 2.48. The van der Waals surface area contributed by atoms with Crippen LogP contribution in [0.2, 0.25) is 5.02 Å². The first-order chi connectivity index (χ1) is 10.7. The predicted molar refractivity (Wildman–Crippen MR) is 85.3 cm³/mol. The molecule has 0 spiro atoms. The van der Waals surface area contributed by atoms with Gasteiger partial charge in [0.2, 0.25) is 5.95 Å². The Balaban J connectivity index is 1.69. The Bertz CT molecular complexity index is 760. The van der Waals surface area contributed by atoms with Crippen molar-refractivity contribution in [1.29, 1.82) is 0 Å². The summed E-state index contributed by atoms with van der Waals surface area (Å²) in [6.07, 6.45) is 3.18. The molecule has 0 fully saturated rings. The summed E-state index contributed by atoms with van der Waals surface area (Å²) in [5.74, 6) is 1.81. The third-order valence-electron chi connectivity index (χ3n) is 3.01. The van der Waals surface area contributed by atoms with E-state index in [1.165, 1.54) is 0 Å². The van der Waals surface area contributed by atoms with Gasteiger partial charge >= 0.3 is 0 Å². The van der Waals surface area contributed by atoms with E-state index in [-0.39, 0.29) is 0 Å². The molecule has 2 aromatic heterocycles. The van der Waals surface area contributed by atoms with E-state index in [1.807, 2.05) is 37.3 Å². The fraction of sp³-hybridized carbons (Fsp3) is 0.133. The summed E-state index contributed by atoms with van der Waals surface area (Å²) in [6, 6.07) is 9.38. The Kier molecular flexibility index (Phi) is 4.20. The van der Waals surface area contributed by atoms with Crippen LogP contribution in [0.4, 0.5) is 17.5 Å². The molecular weight excluding hydrogens is 302 g/mol. The maximum atomic E-state index is 6.10. The molecule has 3 rings (SSSR count). The predicted octanol–water partition coefficient (Wildman–Crippen LogP) is 3.78. The van der Waals surface area contributed by atoms with Gasteiger partial charge in [0.05, 0.1) is 19.0 Å². The second kappa shape index (κ2) is 6.44. The summed E-state index contributed by atoms with van der Waals surface area (Å²) < 4.78 is 5.25. The maximum Gasteiger partial charge on any atom is 0.249 e. The molecule has 0 aliphatic rings. The van der Waals surface area contributed by atoms with Crippen molar-refractivity contribution in [2.24, 2.45) is 0 Å². The van der Waals surface area contributed by atoms with Gasteiger partial charge in [0, 0.05) is 10.7 Å². The van der Waals surface area contributed by atoms with Crippen molar-refractivity contribution < 1.29 is 4.42 Å². The fourth-order valence-electron chi connectivity index (χ4n) is 1.83. The number of aryl methyl sites for hydroxylation is 1. The number of rotatable bonds is 5. The second-order valence-electron chi connectivity index (χ2n) is 4.69. The standard InChI is InChI=1S/C15H14ClN5O/c1-10-4-5-11(7-13(10)16)19-15-20-14(9-18-21-15)17-8-12-3-2-6-22-12/h2-7,9H,8H2,1H3,(H2,17,19,20,21). The molecule has 0 atom stereocenters. The molecule has 2 N–H and O–H groups in total. The van der Waals surface area contributed by atoms with E-state index in [1.54, 1.807) is 12.5 Å². The first-order valence-corrected chi connectivity index (χ1v) is 7.07. The minimum absolute atomic E-state index is 0.393. The Morgan fingerprint density at radius 2 is 2.18 bits per heavy atom. The lowest BCUT2D eigenvalue weighted by Gasteiger charge is -2.08. The van der Waals surface area contributed by atoms with Gasteiger partial charge in [-0.15, -0.1) is 5.10 Å². The molecule has 7 heteroatoms. The summed E-state index contributed by atoms with van der Waals surface area (Å²) in [4.78, 5) is 4.34. The van der Waals surface area contributed by atoms with Crippen LogP contribution in [0.15, 0.2) is 47.2 Å². The molecule has 22 heavy (non-hydrogen) atoms. The van der Waals surface area contributed by atoms with Crippen LogP contribution in [0.25, 0.3) is 0 Å². The Morgan fingerprint density at radius 1 is 1.27 bits per heavy atom. The van der Waals surface area contributed by atoms with Crippen molar-refractivity contribution in [2.45, 2.75) is 13.5 Å². The highest BCUT2D eigenvalue weighted by Crippen LogP contribution is 2.22. The van der Waals surface area contributed by atoms with E-state index in [0.717, 1.165) is 17.0 Å². The number of halogens is 1. The molecule has 1 aromatic carbocycles. The normalized spacial score (nSPS) is 10.5. The molecule has 0 saturated heterocycles. The van der Waals surface area contributed by atoms with Crippen molar-refractivity contribution in [2.75, 3.05) is 10.6 Å². The van der Waals surface area contributed by atoms with E-state index >= 15 is 0 Å².